The minimum absolute atomic E-state index is 0.122. The fraction of sp³-hybridized carbons (Fsp3) is 0.391. The zero-order valence-corrected chi connectivity index (χ0v) is 20.8. The molecule has 0 aliphatic heterocycles. The molecule has 0 spiro atoms. The van der Waals surface area contributed by atoms with Crippen molar-refractivity contribution in [2.75, 3.05) is 12.3 Å². The molecule has 0 aromatic heterocycles. The lowest BCUT2D eigenvalue weighted by atomic mass is 10.1. The topological polar surface area (TPSA) is 49.4 Å². The largest absolute Gasteiger partial charge is 0.354 e. The van der Waals surface area contributed by atoms with Crippen molar-refractivity contribution in [2.45, 2.75) is 45.0 Å². The van der Waals surface area contributed by atoms with E-state index >= 15 is 0 Å². The van der Waals surface area contributed by atoms with Crippen molar-refractivity contribution in [3.8, 4) is 0 Å². The average Bonchev–Trinajstić information content (AvgIpc) is 2.75. The van der Waals surface area contributed by atoms with E-state index in [1.54, 1.807) is 30.0 Å². The van der Waals surface area contributed by atoms with Gasteiger partial charge in [0.25, 0.3) is 0 Å². The highest BCUT2D eigenvalue weighted by atomic mass is 35.5. The number of rotatable bonds is 11. The molecule has 0 fully saturated rings. The van der Waals surface area contributed by atoms with Crippen LogP contribution in [-0.2, 0) is 21.9 Å². The van der Waals surface area contributed by atoms with Crippen LogP contribution in [0, 0.1) is 0 Å². The normalized spacial score (nSPS) is 11.8. The molecule has 4 nitrogen and oxygen atoms in total. The van der Waals surface area contributed by atoms with Crippen molar-refractivity contribution in [1.29, 1.82) is 0 Å². The van der Waals surface area contributed by atoms with Gasteiger partial charge in [-0.15, -0.1) is 11.8 Å². The maximum absolute atomic E-state index is 13.1. The van der Waals surface area contributed by atoms with Crippen molar-refractivity contribution in [1.82, 2.24) is 10.2 Å². The molecule has 1 atom stereocenters. The van der Waals surface area contributed by atoms with Gasteiger partial charge in [0, 0.05) is 23.9 Å². The van der Waals surface area contributed by atoms with Crippen molar-refractivity contribution in [3.63, 3.8) is 0 Å². The van der Waals surface area contributed by atoms with Gasteiger partial charge < -0.3 is 10.2 Å². The van der Waals surface area contributed by atoms with Crippen LogP contribution >= 0.6 is 46.6 Å². The second kappa shape index (κ2) is 13.2. The SMILES string of the molecule is CCCCNC(=O)C(C)N(Cc1ccccc1Cl)C(=O)CSCc1ccc(Cl)c(Cl)c1. The van der Waals surface area contributed by atoms with E-state index in [4.69, 9.17) is 34.8 Å². The van der Waals surface area contributed by atoms with Crippen molar-refractivity contribution in [3.05, 3.63) is 68.7 Å². The summed E-state index contributed by atoms with van der Waals surface area (Å²) in [6.45, 7) is 4.68. The number of benzene rings is 2. The number of carbonyl (C=O) groups excluding carboxylic acids is 2. The summed E-state index contributed by atoms with van der Waals surface area (Å²) in [5.74, 6) is 0.558. The van der Waals surface area contributed by atoms with Gasteiger partial charge in [-0.3, -0.25) is 9.59 Å². The second-order valence-corrected chi connectivity index (χ2v) is 9.38. The first-order valence-electron chi connectivity index (χ1n) is 10.2. The standard InChI is InChI=1S/C23H27Cl3N2O2S/c1-3-4-11-27-23(30)16(2)28(13-18-7-5-6-8-19(18)24)22(29)15-31-14-17-9-10-20(25)21(26)12-17/h5-10,12,16H,3-4,11,13-15H2,1-2H3,(H,27,30). The zero-order chi connectivity index (χ0) is 22.8. The smallest absolute Gasteiger partial charge is 0.242 e. The Hall–Kier alpha value is -1.40. The maximum Gasteiger partial charge on any atom is 0.242 e. The summed E-state index contributed by atoms with van der Waals surface area (Å²) < 4.78 is 0. The quantitative estimate of drug-likeness (QED) is 0.372. The Kier molecular flexibility index (Phi) is 11.0. The second-order valence-electron chi connectivity index (χ2n) is 7.17. The predicted octanol–water partition coefficient (Wildman–Crippen LogP) is 6.21. The van der Waals surface area contributed by atoms with Crippen LogP contribution in [0.3, 0.4) is 0 Å². The molecule has 2 aromatic rings. The fourth-order valence-corrected chi connectivity index (χ4v) is 4.27. The monoisotopic (exact) mass is 500 g/mol. The average molecular weight is 502 g/mol. The number of amides is 2. The van der Waals surface area contributed by atoms with E-state index in [0.717, 1.165) is 24.0 Å². The Labute approximate surface area is 203 Å². The Morgan fingerprint density at radius 3 is 2.48 bits per heavy atom. The van der Waals surface area contributed by atoms with Crippen LogP contribution in [0.2, 0.25) is 15.1 Å². The van der Waals surface area contributed by atoms with Gasteiger partial charge in [0.1, 0.15) is 6.04 Å². The summed E-state index contributed by atoms with van der Waals surface area (Å²) in [5.41, 5.74) is 1.79. The molecule has 2 rings (SSSR count). The van der Waals surface area contributed by atoms with Crippen LogP contribution in [0.4, 0.5) is 0 Å². The third-order valence-electron chi connectivity index (χ3n) is 4.77. The summed E-state index contributed by atoms with van der Waals surface area (Å²) in [5, 5.41) is 4.47. The molecule has 1 N–H and O–H groups in total. The minimum atomic E-state index is -0.605. The van der Waals surface area contributed by atoms with E-state index in [9.17, 15) is 9.59 Å². The third kappa shape index (κ3) is 8.23. The Morgan fingerprint density at radius 1 is 1.06 bits per heavy atom. The van der Waals surface area contributed by atoms with Crippen LogP contribution in [0.1, 0.15) is 37.8 Å². The first kappa shape index (κ1) is 25.9. The van der Waals surface area contributed by atoms with E-state index in [0.29, 0.717) is 27.4 Å². The van der Waals surface area contributed by atoms with Gasteiger partial charge in [0.05, 0.1) is 15.8 Å². The summed E-state index contributed by atoms with van der Waals surface area (Å²) in [4.78, 5) is 27.3. The lowest BCUT2D eigenvalue weighted by molar-refractivity contribution is -0.138. The Bertz CT molecular complexity index is 895. The van der Waals surface area contributed by atoms with Crippen LogP contribution in [-0.4, -0.2) is 35.1 Å². The third-order valence-corrected chi connectivity index (χ3v) is 6.87. The van der Waals surface area contributed by atoms with Crippen molar-refractivity contribution < 1.29 is 9.59 Å². The summed E-state index contributed by atoms with van der Waals surface area (Å²) in [6.07, 6.45) is 1.89. The van der Waals surface area contributed by atoms with Crippen LogP contribution in [0.15, 0.2) is 42.5 Å². The van der Waals surface area contributed by atoms with Gasteiger partial charge >= 0.3 is 0 Å². The van der Waals surface area contributed by atoms with E-state index in [1.165, 1.54) is 11.8 Å². The van der Waals surface area contributed by atoms with Crippen LogP contribution in [0.5, 0.6) is 0 Å². The van der Waals surface area contributed by atoms with Gasteiger partial charge in [-0.1, -0.05) is 72.4 Å². The molecule has 1 unspecified atom stereocenters. The molecule has 2 amide bonds. The van der Waals surface area contributed by atoms with Gasteiger partial charge in [-0.2, -0.15) is 0 Å². The lowest BCUT2D eigenvalue weighted by Gasteiger charge is -2.29. The van der Waals surface area contributed by atoms with Crippen molar-refractivity contribution >= 4 is 58.4 Å². The number of unbranched alkanes of at least 4 members (excludes halogenated alkanes) is 1. The van der Waals surface area contributed by atoms with Gasteiger partial charge in [0.15, 0.2) is 0 Å². The summed E-state index contributed by atoms with van der Waals surface area (Å²) >= 11 is 19.8. The molecule has 0 radical (unpaired) electrons. The molecule has 0 bridgehead atoms. The molecule has 31 heavy (non-hydrogen) atoms. The number of carbonyl (C=O) groups is 2. The summed E-state index contributed by atoms with van der Waals surface area (Å²) in [7, 11) is 0. The lowest BCUT2D eigenvalue weighted by Crippen LogP contribution is -2.48. The molecular formula is C23H27Cl3N2O2S. The highest BCUT2D eigenvalue weighted by Gasteiger charge is 2.26. The number of nitrogens with one attached hydrogen (secondary N) is 1. The number of hydrogen-bond donors (Lipinski definition) is 1. The number of halogens is 3. The molecular weight excluding hydrogens is 475 g/mol. The number of nitrogens with zero attached hydrogens (tertiary/aromatic N) is 1. The fourth-order valence-electron chi connectivity index (χ4n) is 2.90. The maximum atomic E-state index is 13.1. The minimum Gasteiger partial charge on any atom is -0.354 e. The first-order chi connectivity index (χ1) is 14.8. The van der Waals surface area contributed by atoms with Gasteiger partial charge in [0.2, 0.25) is 11.8 Å². The molecule has 0 aliphatic carbocycles. The summed E-state index contributed by atoms with van der Waals surface area (Å²) in [6, 6.07) is 12.2. The molecule has 0 saturated carbocycles. The molecule has 8 heteroatoms. The Balaban J connectivity index is 2.06. The van der Waals surface area contributed by atoms with Crippen LogP contribution < -0.4 is 5.32 Å². The van der Waals surface area contributed by atoms with E-state index in [2.05, 4.69) is 12.2 Å². The highest BCUT2D eigenvalue weighted by Crippen LogP contribution is 2.25. The molecule has 0 aliphatic rings. The first-order valence-corrected chi connectivity index (χ1v) is 12.4. The zero-order valence-electron chi connectivity index (χ0n) is 17.7. The van der Waals surface area contributed by atoms with Gasteiger partial charge in [-0.25, -0.2) is 0 Å². The Morgan fingerprint density at radius 2 is 1.81 bits per heavy atom. The van der Waals surface area contributed by atoms with Gasteiger partial charge in [-0.05, 0) is 42.7 Å². The molecule has 168 valence electrons. The molecule has 2 aromatic carbocycles. The van der Waals surface area contributed by atoms with E-state index in [1.807, 2.05) is 24.3 Å². The molecule has 0 heterocycles. The van der Waals surface area contributed by atoms with E-state index < -0.39 is 6.04 Å². The van der Waals surface area contributed by atoms with E-state index in [-0.39, 0.29) is 24.1 Å². The van der Waals surface area contributed by atoms with Crippen molar-refractivity contribution in [2.24, 2.45) is 0 Å². The highest BCUT2D eigenvalue weighted by molar-refractivity contribution is 7.99. The number of hydrogen-bond acceptors (Lipinski definition) is 3. The predicted molar refractivity (Wildman–Crippen MR) is 132 cm³/mol. The molecule has 0 saturated heterocycles. The number of thioether (sulfide) groups is 1. The van der Waals surface area contributed by atoms with Crippen LogP contribution in [0.25, 0.3) is 0 Å².